The van der Waals surface area contributed by atoms with E-state index in [-0.39, 0.29) is 18.1 Å². The smallest absolute Gasteiger partial charge is 0.0843 e. The minimum Gasteiger partial charge on any atom is -0.388 e. The highest BCUT2D eigenvalue weighted by atomic mass is 16.5. The van der Waals surface area contributed by atoms with Crippen molar-refractivity contribution in [2.45, 2.75) is 39.4 Å². The first-order valence-electron chi connectivity index (χ1n) is 5.94. The zero-order valence-electron chi connectivity index (χ0n) is 10.2. The molecule has 1 fully saturated rings. The first kappa shape index (κ1) is 11.6. The molecule has 16 heavy (non-hydrogen) atoms. The van der Waals surface area contributed by atoms with E-state index in [1.807, 2.05) is 6.07 Å². The lowest BCUT2D eigenvalue weighted by Gasteiger charge is -2.19. The average molecular weight is 220 g/mol. The maximum absolute atomic E-state index is 10.3. The summed E-state index contributed by atoms with van der Waals surface area (Å²) in [6.07, 6.45) is 0.852. The highest BCUT2D eigenvalue weighted by Gasteiger charge is 2.29. The number of aliphatic hydroxyl groups is 1. The van der Waals surface area contributed by atoms with Gasteiger partial charge in [0.05, 0.1) is 18.8 Å². The minimum absolute atomic E-state index is 0.247. The molecule has 0 aromatic heterocycles. The predicted octanol–water partition coefficient (Wildman–Crippen LogP) is 2.76. The standard InChI is InChI=1S/C14H20O2/c1-9-4-5-13(10(2)6-9)14(15)12-7-11(3)16-8-12/h4-6,11-12,14-15H,7-8H2,1-3H3. The Morgan fingerprint density at radius 3 is 2.69 bits per heavy atom. The Kier molecular flexibility index (Phi) is 3.31. The summed E-state index contributed by atoms with van der Waals surface area (Å²) >= 11 is 0. The first-order valence-corrected chi connectivity index (χ1v) is 5.94. The zero-order chi connectivity index (χ0) is 11.7. The molecule has 2 rings (SSSR count). The van der Waals surface area contributed by atoms with Gasteiger partial charge in [0, 0.05) is 5.92 Å². The van der Waals surface area contributed by atoms with E-state index in [9.17, 15) is 5.11 Å². The Morgan fingerprint density at radius 2 is 2.12 bits per heavy atom. The van der Waals surface area contributed by atoms with Crippen LogP contribution < -0.4 is 0 Å². The summed E-state index contributed by atoms with van der Waals surface area (Å²) < 4.78 is 5.51. The van der Waals surface area contributed by atoms with E-state index in [1.165, 1.54) is 11.1 Å². The van der Waals surface area contributed by atoms with Crippen LogP contribution in [0.4, 0.5) is 0 Å². The van der Waals surface area contributed by atoms with E-state index in [1.54, 1.807) is 0 Å². The molecule has 1 saturated heterocycles. The quantitative estimate of drug-likeness (QED) is 0.830. The van der Waals surface area contributed by atoms with Crippen LogP contribution in [0.25, 0.3) is 0 Å². The Balaban J connectivity index is 2.17. The molecule has 0 radical (unpaired) electrons. The van der Waals surface area contributed by atoms with Gasteiger partial charge in [-0.1, -0.05) is 23.8 Å². The second-order valence-electron chi connectivity index (χ2n) is 4.94. The Hall–Kier alpha value is -0.860. The van der Waals surface area contributed by atoms with Crippen molar-refractivity contribution in [2.24, 2.45) is 5.92 Å². The first-order chi connectivity index (χ1) is 7.58. The SMILES string of the molecule is Cc1ccc(C(O)C2COC(C)C2)c(C)c1. The van der Waals surface area contributed by atoms with Crippen LogP contribution in [-0.4, -0.2) is 17.8 Å². The number of hydrogen-bond acceptors (Lipinski definition) is 2. The molecule has 2 nitrogen and oxygen atoms in total. The molecule has 1 aromatic rings. The largest absolute Gasteiger partial charge is 0.388 e. The van der Waals surface area contributed by atoms with Crippen LogP contribution in [0.5, 0.6) is 0 Å². The molecule has 0 amide bonds. The second kappa shape index (κ2) is 4.56. The van der Waals surface area contributed by atoms with Crippen molar-refractivity contribution < 1.29 is 9.84 Å². The highest BCUT2D eigenvalue weighted by molar-refractivity contribution is 5.32. The molecule has 2 heteroatoms. The summed E-state index contributed by atoms with van der Waals surface area (Å²) in [5.41, 5.74) is 3.46. The number of benzene rings is 1. The van der Waals surface area contributed by atoms with Gasteiger partial charge in [-0.3, -0.25) is 0 Å². The van der Waals surface area contributed by atoms with E-state index < -0.39 is 0 Å². The molecule has 0 spiro atoms. The fourth-order valence-electron chi connectivity index (χ4n) is 2.48. The van der Waals surface area contributed by atoms with Crippen molar-refractivity contribution >= 4 is 0 Å². The third kappa shape index (κ3) is 2.28. The van der Waals surface area contributed by atoms with Crippen molar-refractivity contribution in [1.29, 1.82) is 0 Å². The summed E-state index contributed by atoms with van der Waals surface area (Å²) in [5.74, 6) is 0.247. The Labute approximate surface area is 97.3 Å². The number of aliphatic hydroxyl groups excluding tert-OH is 1. The van der Waals surface area contributed by atoms with Crippen molar-refractivity contribution in [2.75, 3.05) is 6.61 Å². The van der Waals surface area contributed by atoms with Crippen LogP contribution in [0.2, 0.25) is 0 Å². The summed E-state index contributed by atoms with van der Waals surface area (Å²) in [6, 6.07) is 6.22. The molecular weight excluding hydrogens is 200 g/mol. The fraction of sp³-hybridized carbons (Fsp3) is 0.571. The van der Waals surface area contributed by atoms with E-state index >= 15 is 0 Å². The average Bonchev–Trinajstić information content (AvgIpc) is 2.64. The number of aryl methyl sites for hydroxylation is 2. The summed E-state index contributed by atoms with van der Waals surface area (Å²) in [5, 5.41) is 10.3. The van der Waals surface area contributed by atoms with Crippen molar-refractivity contribution in [1.82, 2.24) is 0 Å². The van der Waals surface area contributed by atoms with E-state index in [0.29, 0.717) is 6.61 Å². The predicted molar refractivity (Wildman–Crippen MR) is 64.4 cm³/mol. The Bertz CT molecular complexity index is 373. The second-order valence-corrected chi connectivity index (χ2v) is 4.94. The van der Waals surface area contributed by atoms with Crippen molar-refractivity contribution in [3.63, 3.8) is 0 Å². The van der Waals surface area contributed by atoms with Crippen LogP contribution in [-0.2, 0) is 4.74 Å². The van der Waals surface area contributed by atoms with Gasteiger partial charge in [0.1, 0.15) is 0 Å². The molecule has 1 heterocycles. The van der Waals surface area contributed by atoms with E-state index in [0.717, 1.165) is 12.0 Å². The molecule has 88 valence electrons. The van der Waals surface area contributed by atoms with Gasteiger partial charge in [-0.15, -0.1) is 0 Å². The van der Waals surface area contributed by atoms with E-state index in [4.69, 9.17) is 4.74 Å². The topological polar surface area (TPSA) is 29.5 Å². The summed E-state index contributed by atoms with van der Waals surface area (Å²) in [7, 11) is 0. The van der Waals surface area contributed by atoms with Gasteiger partial charge in [0.15, 0.2) is 0 Å². The van der Waals surface area contributed by atoms with Crippen LogP contribution >= 0.6 is 0 Å². The van der Waals surface area contributed by atoms with Gasteiger partial charge in [-0.2, -0.15) is 0 Å². The highest BCUT2D eigenvalue weighted by Crippen LogP contribution is 2.33. The maximum Gasteiger partial charge on any atom is 0.0843 e. The molecule has 1 N–H and O–H groups in total. The molecule has 0 bridgehead atoms. The van der Waals surface area contributed by atoms with Crippen LogP contribution in [0, 0.1) is 19.8 Å². The molecule has 0 aliphatic carbocycles. The lowest BCUT2D eigenvalue weighted by atomic mass is 9.90. The molecule has 0 saturated carbocycles. The van der Waals surface area contributed by atoms with Crippen LogP contribution in [0.15, 0.2) is 18.2 Å². The molecule has 1 aromatic carbocycles. The summed E-state index contributed by atoms with van der Waals surface area (Å²) in [6.45, 7) is 6.87. The third-order valence-electron chi connectivity index (χ3n) is 3.42. The van der Waals surface area contributed by atoms with Crippen molar-refractivity contribution in [3.8, 4) is 0 Å². The zero-order valence-corrected chi connectivity index (χ0v) is 10.2. The lowest BCUT2D eigenvalue weighted by Crippen LogP contribution is -2.14. The van der Waals surface area contributed by atoms with E-state index in [2.05, 4.69) is 32.9 Å². The van der Waals surface area contributed by atoms with Gasteiger partial charge >= 0.3 is 0 Å². The van der Waals surface area contributed by atoms with Crippen molar-refractivity contribution in [3.05, 3.63) is 34.9 Å². The number of hydrogen-bond donors (Lipinski definition) is 1. The maximum atomic E-state index is 10.3. The van der Waals surface area contributed by atoms with Gasteiger partial charge < -0.3 is 9.84 Å². The van der Waals surface area contributed by atoms with Gasteiger partial charge in [-0.25, -0.2) is 0 Å². The number of rotatable bonds is 2. The molecule has 1 aliphatic heterocycles. The number of ether oxygens (including phenoxy) is 1. The monoisotopic (exact) mass is 220 g/mol. The molecule has 1 aliphatic rings. The van der Waals surface area contributed by atoms with Crippen LogP contribution in [0.1, 0.15) is 36.1 Å². The fourth-order valence-corrected chi connectivity index (χ4v) is 2.48. The summed E-state index contributed by atoms with van der Waals surface area (Å²) in [4.78, 5) is 0. The van der Waals surface area contributed by atoms with Gasteiger partial charge in [0.25, 0.3) is 0 Å². The Morgan fingerprint density at radius 1 is 1.38 bits per heavy atom. The molecular formula is C14H20O2. The van der Waals surface area contributed by atoms with Gasteiger partial charge in [0.2, 0.25) is 0 Å². The minimum atomic E-state index is -0.384. The normalized spacial score (nSPS) is 27.0. The van der Waals surface area contributed by atoms with Gasteiger partial charge in [-0.05, 0) is 38.3 Å². The van der Waals surface area contributed by atoms with Crippen LogP contribution in [0.3, 0.4) is 0 Å². The lowest BCUT2D eigenvalue weighted by molar-refractivity contribution is 0.0801. The molecule has 3 unspecified atom stereocenters. The molecule has 3 atom stereocenters. The third-order valence-corrected chi connectivity index (χ3v) is 3.42.